The van der Waals surface area contributed by atoms with E-state index in [0.29, 0.717) is 34.5 Å². The number of thiazole rings is 1. The number of aromatic nitrogens is 1. The summed E-state index contributed by atoms with van der Waals surface area (Å²) in [5.74, 6) is -0.00860. The molecule has 136 valence electrons. The first-order chi connectivity index (χ1) is 12.0. The molecule has 0 radical (unpaired) electrons. The van der Waals surface area contributed by atoms with Gasteiger partial charge in [0.05, 0.1) is 16.5 Å². The van der Waals surface area contributed by atoms with Gasteiger partial charge in [0.2, 0.25) is 11.8 Å². The Kier molecular flexibility index (Phi) is 5.51. The van der Waals surface area contributed by atoms with E-state index in [2.05, 4.69) is 17.2 Å². The molecule has 7 heteroatoms. The maximum absolute atomic E-state index is 12.6. The number of carbonyl (C=O) groups is 3. The van der Waals surface area contributed by atoms with Crippen LogP contribution in [0.1, 0.15) is 61.3 Å². The number of fused-ring (bicyclic) bond motifs is 1. The van der Waals surface area contributed by atoms with Gasteiger partial charge in [-0.15, -0.1) is 0 Å². The van der Waals surface area contributed by atoms with E-state index in [1.165, 1.54) is 11.3 Å². The second kappa shape index (κ2) is 7.64. The van der Waals surface area contributed by atoms with Crippen molar-refractivity contribution in [2.75, 3.05) is 18.4 Å². The number of amides is 2. The molecule has 2 aliphatic rings. The number of carbonyl (C=O) groups excluding carboxylic acids is 3. The smallest absolute Gasteiger partial charge is 0.226 e. The van der Waals surface area contributed by atoms with Gasteiger partial charge in [-0.2, -0.15) is 0 Å². The molecule has 25 heavy (non-hydrogen) atoms. The number of nitrogens with zero attached hydrogens (tertiary/aromatic N) is 2. The molecule has 1 aliphatic heterocycles. The second-order valence-corrected chi connectivity index (χ2v) is 8.12. The van der Waals surface area contributed by atoms with Crippen LogP contribution in [-0.2, 0) is 16.0 Å². The Morgan fingerprint density at radius 3 is 2.72 bits per heavy atom. The van der Waals surface area contributed by atoms with Gasteiger partial charge in [0.15, 0.2) is 10.9 Å². The fourth-order valence-electron chi connectivity index (χ4n) is 3.38. The van der Waals surface area contributed by atoms with Crippen LogP contribution in [0, 0.1) is 11.8 Å². The van der Waals surface area contributed by atoms with E-state index in [1.54, 1.807) is 0 Å². The topological polar surface area (TPSA) is 79.4 Å². The van der Waals surface area contributed by atoms with Gasteiger partial charge in [-0.3, -0.25) is 14.4 Å². The van der Waals surface area contributed by atoms with Crippen LogP contribution in [0.5, 0.6) is 0 Å². The molecule has 0 aromatic carbocycles. The van der Waals surface area contributed by atoms with Crippen LogP contribution in [0.2, 0.25) is 0 Å². The van der Waals surface area contributed by atoms with Gasteiger partial charge in [-0.25, -0.2) is 4.98 Å². The predicted molar refractivity (Wildman–Crippen MR) is 96.8 cm³/mol. The summed E-state index contributed by atoms with van der Waals surface area (Å²) in [5, 5.41) is 3.28. The highest BCUT2D eigenvalue weighted by atomic mass is 32.1. The summed E-state index contributed by atoms with van der Waals surface area (Å²) in [4.78, 5) is 43.9. The minimum absolute atomic E-state index is 0.0290. The van der Waals surface area contributed by atoms with Crippen LogP contribution < -0.4 is 5.32 Å². The molecule has 2 amide bonds. The summed E-state index contributed by atoms with van der Waals surface area (Å²) < 4.78 is 0. The van der Waals surface area contributed by atoms with Crippen molar-refractivity contribution in [3.8, 4) is 0 Å². The predicted octanol–water partition coefficient (Wildman–Crippen LogP) is 2.89. The molecule has 0 bridgehead atoms. The van der Waals surface area contributed by atoms with Crippen LogP contribution in [0.4, 0.5) is 5.13 Å². The summed E-state index contributed by atoms with van der Waals surface area (Å²) in [7, 11) is 0. The minimum Gasteiger partial charge on any atom is -0.342 e. The Bertz CT molecular complexity index is 679. The molecular formula is C18H25N3O3S. The molecule has 1 fully saturated rings. The highest BCUT2D eigenvalue weighted by molar-refractivity contribution is 7.17. The third-order valence-electron chi connectivity index (χ3n) is 5.07. The highest BCUT2D eigenvalue weighted by Crippen LogP contribution is 2.33. The molecule has 1 aliphatic carbocycles. The van der Waals surface area contributed by atoms with Crippen molar-refractivity contribution in [1.82, 2.24) is 9.88 Å². The van der Waals surface area contributed by atoms with Gasteiger partial charge >= 0.3 is 0 Å². The zero-order valence-corrected chi connectivity index (χ0v) is 15.7. The van der Waals surface area contributed by atoms with Crippen molar-refractivity contribution in [3.05, 3.63) is 10.6 Å². The molecule has 1 saturated heterocycles. The number of hydrogen-bond donors (Lipinski definition) is 1. The van der Waals surface area contributed by atoms with E-state index in [4.69, 9.17) is 0 Å². The monoisotopic (exact) mass is 363 g/mol. The van der Waals surface area contributed by atoms with E-state index in [-0.39, 0.29) is 29.9 Å². The molecule has 2 unspecified atom stereocenters. The summed E-state index contributed by atoms with van der Waals surface area (Å²) in [6, 6.07) is 0. The van der Waals surface area contributed by atoms with E-state index in [9.17, 15) is 14.4 Å². The molecule has 2 heterocycles. The van der Waals surface area contributed by atoms with Crippen LogP contribution in [0.25, 0.3) is 0 Å². The van der Waals surface area contributed by atoms with E-state index in [1.807, 2.05) is 11.8 Å². The van der Waals surface area contributed by atoms with Gasteiger partial charge in [0, 0.05) is 32.4 Å². The molecule has 0 spiro atoms. The number of likely N-dealkylation sites (tertiary alicyclic amines) is 1. The first-order valence-electron chi connectivity index (χ1n) is 9.09. The molecule has 2 atom stereocenters. The van der Waals surface area contributed by atoms with E-state index >= 15 is 0 Å². The lowest BCUT2D eigenvalue weighted by atomic mass is 9.89. The Hall–Kier alpha value is -1.76. The molecule has 3 rings (SSSR count). The molecule has 1 N–H and O–H groups in total. The fourth-order valence-corrected chi connectivity index (χ4v) is 4.34. The first kappa shape index (κ1) is 18.0. The summed E-state index contributed by atoms with van der Waals surface area (Å²) >= 11 is 1.23. The van der Waals surface area contributed by atoms with Crippen LogP contribution >= 0.6 is 11.3 Å². The number of anilines is 1. The molecule has 1 aromatic heterocycles. The quantitative estimate of drug-likeness (QED) is 0.872. The average molecular weight is 363 g/mol. The van der Waals surface area contributed by atoms with Gasteiger partial charge in [-0.1, -0.05) is 31.6 Å². The van der Waals surface area contributed by atoms with Gasteiger partial charge in [-0.05, 0) is 18.8 Å². The summed E-state index contributed by atoms with van der Waals surface area (Å²) in [6.07, 6.45) is 4.23. The van der Waals surface area contributed by atoms with Gasteiger partial charge in [0.25, 0.3) is 0 Å². The largest absolute Gasteiger partial charge is 0.342 e. The maximum Gasteiger partial charge on any atom is 0.226 e. The van der Waals surface area contributed by atoms with Crippen molar-refractivity contribution >= 4 is 34.1 Å². The maximum atomic E-state index is 12.6. The first-order valence-corrected chi connectivity index (χ1v) is 9.91. The molecule has 1 aromatic rings. The minimum atomic E-state index is -0.302. The van der Waals surface area contributed by atoms with Gasteiger partial charge in [0.1, 0.15) is 0 Å². The number of Topliss-reactive ketones (excluding diaryl/α,β-unsaturated/α-hetero) is 1. The third kappa shape index (κ3) is 4.08. The highest BCUT2D eigenvalue weighted by Gasteiger charge is 2.35. The summed E-state index contributed by atoms with van der Waals surface area (Å²) in [5.41, 5.74) is 0.664. The summed E-state index contributed by atoms with van der Waals surface area (Å²) in [6.45, 7) is 5.68. The lowest BCUT2D eigenvalue weighted by molar-refractivity contribution is -0.134. The van der Waals surface area contributed by atoms with Crippen LogP contribution in [0.3, 0.4) is 0 Å². The van der Waals surface area contributed by atoms with E-state index < -0.39 is 0 Å². The van der Waals surface area contributed by atoms with Crippen molar-refractivity contribution in [1.29, 1.82) is 0 Å². The normalized spacial score (nSPS) is 21.1. The van der Waals surface area contributed by atoms with Crippen molar-refractivity contribution < 1.29 is 14.4 Å². The lowest BCUT2D eigenvalue weighted by Crippen LogP contribution is -2.37. The average Bonchev–Trinajstić information content (AvgIpc) is 3.23. The Labute approximate surface area is 152 Å². The number of nitrogens with one attached hydrogen (secondary N) is 1. The third-order valence-corrected chi connectivity index (χ3v) is 6.12. The Balaban J connectivity index is 1.67. The molecule has 6 nitrogen and oxygen atoms in total. The van der Waals surface area contributed by atoms with Crippen molar-refractivity contribution in [2.24, 2.45) is 11.8 Å². The zero-order chi connectivity index (χ0) is 18.0. The molecule has 0 saturated carbocycles. The van der Waals surface area contributed by atoms with Crippen molar-refractivity contribution in [2.45, 2.75) is 52.4 Å². The fraction of sp³-hybridized carbons (Fsp3) is 0.667. The number of hydrogen-bond acceptors (Lipinski definition) is 5. The number of ketones is 1. The van der Waals surface area contributed by atoms with E-state index in [0.717, 1.165) is 32.4 Å². The van der Waals surface area contributed by atoms with Crippen molar-refractivity contribution in [3.63, 3.8) is 0 Å². The number of rotatable bonds is 5. The Morgan fingerprint density at radius 1 is 1.32 bits per heavy atom. The van der Waals surface area contributed by atoms with Gasteiger partial charge < -0.3 is 10.2 Å². The van der Waals surface area contributed by atoms with Crippen LogP contribution in [-0.4, -0.2) is 40.6 Å². The Morgan fingerprint density at radius 2 is 2.04 bits per heavy atom. The molecular weight excluding hydrogens is 338 g/mol. The van der Waals surface area contributed by atoms with Crippen LogP contribution in [0.15, 0.2) is 0 Å². The SMILES string of the molecule is CCC(C)CC(=O)Nc1nc2c(s1)C(=O)CC(C(=O)N1CCCC1)C2. The lowest BCUT2D eigenvalue weighted by Gasteiger charge is -2.24. The standard InChI is InChI=1S/C18H25N3O3S/c1-3-11(2)8-15(23)20-18-19-13-9-12(10-14(22)16(13)25-18)17(24)21-6-4-5-7-21/h11-12H,3-10H2,1-2H3,(H,19,20,23). The zero-order valence-electron chi connectivity index (χ0n) is 14.8. The second-order valence-electron chi connectivity index (χ2n) is 7.12.